The molecule has 1 aliphatic heterocycles. The van der Waals surface area contributed by atoms with Gasteiger partial charge in [0.2, 0.25) is 0 Å². The maximum Gasteiger partial charge on any atom is 0.0593 e. The van der Waals surface area contributed by atoms with Gasteiger partial charge in [0.15, 0.2) is 0 Å². The number of nitrogens with one attached hydrogen (secondary N) is 1. The van der Waals surface area contributed by atoms with Crippen LogP contribution < -0.4 is 5.32 Å². The van der Waals surface area contributed by atoms with Crippen LogP contribution in [0.2, 0.25) is 0 Å². The Kier molecular flexibility index (Phi) is 4.35. The van der Waals surface area contributed by atoms with Crippen LogP contribution in [0, 0.1) is 5.92 Å². The van der Waals surface area contributed by atoms with E-state index in [1.807, 2.05) is 0 Å². The molecule has 1 atom stereocenters. The number of hydrogen-bond acceptors (Lipinski definition) is 3. The van der Waals surface area contributed by atoms with Crippen LogP contribution in [0.4, 0.5) is 0 Å². The zero-order valence-electron chi connectivity index (χ0n) is 12.6. The molecular weight excluding hydrogens is 224 g/mol. The third-order valence-electron chi connectivity index (χ3n) is 4.54. The van der Waals surface area contributed by atoms with E-state index < -0.39 is 0 Å². The molecule has 106 valence electrons. The lowest BCUT2D eigenvalue weighted by Gasteiger charge is -2.51. The lowest BCUT2D eigenvalue weighted by molar-refractivity contribution is -0.0101. The summed E-state index contributed by atoms with van der Waals surface area (Å²) in [5.74, 6) is 0.896. The Morgan fingerprint density at radius 1 is 1.22 bits per heavy atom. The molecule has 0 bridgehead atoms. The van der Waals surface area contributed by atoms with Gasteiger partial charge in [0, 0.05) is 37.3 Å². The summed E-state index contributed by atoms with van der Waals surface area (Å²) in [5, 5.41) is 3.72. The summed E-state index contributed by atoms with van der Waals surface area (Å²) in [6.07, 6.45) is 3.93. The number of piperazine rings is 1. The Morgan fingerprint density at radius 2 is 1.94 bits per heavy atom. The molecule has 1 saturated heterocycles. The first-order valence-electron chi connectivity index (χ1n) is 7.56. The second-order valence-corrected chi connectivity index (χ2v) is 6.90. The van der Waals surface area contributed by atoms with Crippen molar-refractivity contribution in [3.8, 4) is 0 Å². The van der Waals surface area contributed by atoms with E-state index in [4.69, 9.17) is 4.74 Å². The zero-order chi connectivity index (χ0) is 13.2. The summed E-state index contributed by atoms with van der Waals surface area (Å²) in [4.78, 5) is 2.68. The van der Waals surface area contributed by atoms with Crippen molar-refractivity contribution in [1.82, 2.24) is 10.2 Å². The standard InChI is InChI=1S/C15H30N2O/c1-5-9-18-10-8-17-12-14(2,3)16-11-15(17,4)13-6-7-13/h13,16H,5-12H2,1-4H3. The summed E-state index contributed by atoms with van der Waals surface area (Å²) >= 11 is 0. The molecule has 2 fully saturated rings. The predicted octanol–water partition coefficient (Wildman–Crippen LogP) is 2.27. The molecule has 0 spiro atoms. The topological polar surface area (TPSA) is 24.5 Å². The molecule has 0 aromatic rings. The van der Waals surface area contributed by atoms with E-state index in [0.717, 1.165) is 45.2 Å². The summed E-state index contributed by atoms with van der Waals surface area (Å²) in [5.41, 5.74) is 0.588. The molecular formula is C15H30N2O. The van der Waals surface area contributed by atoms with Crippen molar-refractivity contribution in [2.45, 2.75) is 58.0 Å². The van der Waals surface area contributed by atoms with E-state index in [2.05, 4.69) is 37.9 Å². The summed E-state index contributed by atoms with van der Waals surface area (Å²) < 4.78 is 5.69. The number of rotatable bonds is 6. The summed E-state index contributed by atoms with van der Waals surface area (Å²) in [6.45, 7) is 14.3. The molecule has 0 radical (unpaired) electrons. The van der Waals surface area contributed by atoms with Gasteiger partial charge >= 0.3 is 0 Å². The molecule has 0 aromatic carbocycles. The molecule has 0 amide bonds. The molecule has 1 aliphatic carbocycles. The van der Waals surface area contributed by atoms with E-state index in [1.54, 1.807) is 0 Å². The second kappa shape index (κ2) is 5.48. The molecule has 1 unspecified atom stereocenters. The van der Waals surface area contributed by atoms with Crippen LogP contribution >= 0.6 is 0 Å². The maximum atomic E-state index is 5.69. The zero-order valence-corrected chi connectivity index (χ0v) is 12.6. The van der Waals surface area contributed by atoms with Gasteiger partial charge in [0.25, 0.3) is 0 Å². The average molecular weight is 254 g/mol. The maximum absolute atomic E-state index is 5.69. The van der Waals surface area contributed by atoms with Gasteiger partial charge in [-0.15, -0.1) is 0 Å². The molecule has 2 rings (SSSR count). The highest BCUT2D eigenvalue weighted by atomic mass is 16.5. The van der Waals surface area contributed by atoms with Gasteiger partial charge in [0.05, 0.1) is 6.61 Å². The monoisotopic (exact) mass is 254 g/mol. The highest BCUT2D eigenvalue weighted by molar-refractivity contribution is 5.06. The smallest absolute Gasteiger partial charge is 0.0593 e. The molecule has 1 heterocycles. The third kappa shape index (κ3) is 3.25. The van der Waals surface area contributed by atoms with E-state index in [1.165, 1.54) is 12.8 Å². The fraction of sp³-hybridized carbons (Fsp3) is 1.00. The van der Waals surface area contributed by atoms with Gasteiger partial charge in [-0.05, 0) is 46.0 Å². The molecule has 2 aliphatic rings. The van der Waals surface area contributed by atoms with Crippen LogP contribution in [0.25, 0.3) is 0 Å². The van der Waals surface area contributed by atoms with E-state index in [0.29, 0.717) is 5.54 Å². The minimum Gasteiger partial charge on any atom is -0.380 e. The summed E-state index contributed by atoms with van der Waals surface area (Å²) in [6, 6.07) is 0. The fourth-order valence-corrected chi connectivity index (χ4v) is 3.11. The van der Waals surface area contributed by atoms with Crippen molar-refractivity contribution >= 4 is 0 Å². The van der Waals surface area contributed by atoms with Gasteiger partial charge in [0.1, 0.15) is 0 Å². The minimum atomic E-state index is 0.235. The van der Waals surface area contributed by atoms with Crippen molar-refractivity contribution in [2.75, 3.05) is 32.8 Å². The van der Waals surface area contributed by atoms with Crippen LogP contribution in [0.15, 0.2) is 0 Å². The van der Waals surface area contributed by atoms with Gasteiger partial charge < -0.3 is 10.1 Å². The Hall–Kier alpha value is -0.120. The Balaban J connectivity index is 1.92. The first-order valence-corrected chi connectivity index (χ1v) is 7.56. The van der Waals surface area contributed by atoms with Crippen LogP contribution in [-0.4, -0.2) is 48.8 Å². The molecule has 0 aromatic heterocycles. The molecule has 18 heavy (non-hydrogen) atoms. The van der Waals surface area contributed by atoms with Gasteiger partial charge in [-0.25, -0.2) is 0 Å². The lowest BCUT2D eigenvalue weighted by Crippen LogP contribution is -2.68. The molecule has 3 nitrogen and oxygen atoms in total. The Labute approximate surface area is 112 Å². The highest BCUT2D eigenvalue weighted by Gasteiger charge is 2.49. The SMILES string of the molecule is CCCOCCN1CC(C)(C)NCC1(C)C1CC1. The van der Waals surface area contributed by atoms with E-state index in [9.17, 15) is 0 Å². The second-order valence-electron chi connectivity index (χ2n) is 6.90. The first kappa shape index (κ1) is 14.3. The Bertz CT molecular complexity index is 276. The lowest BCUT2D eigenvalue weighted by atomic mass is 9.86. The first-order chi connectivity index (χ1) is 8.48. The quantitative estimate of drug-likeness (QED) is 0.736. The number of nitrogens with zero attached hydrogens (tertiary/aromatic N) is 1. The number of hydrogen-bond donors (Lipinski definition) is 1. The van der Waals surface area contributed by atoms with Crippen molar-refractivity contribution in [3.63, 3.8) is 0 Å². The largest absolute Gasteiger partial charge is 0.380 e. The summed E-state index contributed by atoms with van der Waals surface area (Å²) in [7, 11) is 0. The fourth-order valence-electron chi connectivity index (χ4n) is 3.11. The van der Waals surface area contributed by atoms with E-state index >= 15 is 0 Å². The van der Waals surface area contributed by atoms with Crippen molar-refractivity contribution < 1.29 is 4.74 Å². The van der Waals surface area contributed by atoms with Crippen LogP contribution in [0.5, 0.6) is 0 Å². The third-order valence-corrected chi connectivity index (χ3v) is 4.54. The van der Waals surface area contributed by atoms with Crippen molar-refractivity contribution in [1.29, 1.82) is 0 Å². The van der Waals surface area contributed by atoms with Crippen LogP contribution in [0.3, 0.4) is 0 Å². The van der Waals surface area contributed by atoms with Crippen molar-refractivity contribution in [2.24, 2.45) is 5.92 Å². The number of ether oxygens (including phenoxy) is 1. The Morgan fingerprint density at radius 3 is 2.56 bits per heavy atom. The van der Waals surface area contributed by atoms with Gasteiger partial charge in [-0.2, -0.15) is 0 Å². The molecule has 1 saturated carbocycles. The predicted molar refractivity (Wildman–Crippen MR) is 75.9 cm³/mol. The average Bonchev–Trinajstić information content (AvgIpc) is 3.13. The van der Waals surface area contributed by atoms with Crippen molar-refractivity contribution in [3.05, 3.63) is 0 Å². The van der Waals surface area contributed by atoms with E-state index in [-0.39, 0.29) is 5.54 Å². The highest BCUT2D eigenvalue weighted by Crippen LogP contribution is 2.44. The van der Waals surface area contributed by atoms with Gasteiger partial charge in [-0.1, -0.05) is 6.92 Å². The van der Waals surface area contributed by atoms with Gasteiger partial charge in [-0.3, -0.25) is 4.90 Å². The molecule has 3 heteroatoms. The minimum absolute atomic E-state index is 0.235. The molecule has 1 N–H and O–H groups in total. The van der Waals surface area contributed by atoms with Crippen LogP contribution in [0.1, 0.15) is 47.0 Å². The normalized spacial score (nSPS) is 32.7. The van der Waals surface area contributed by atoms with Crippen LogP contribution in [-0.2, 0) is 4.74 Å².